The zero-order valence-electron chi connectivity index (χ0n) is 13.7. The summed E-state index contributed by atoms with van der Waals surface area (Å²) in [6, 6.07) is 11.0. The van der Waals surface area contributed by atoms with E-state index in [4.69, 9.17) is 10.3 Å². The Morgan fingerprint density at radius 3 is 2.78 bits per heavy atom. The molecule has 5 heteroatoms. The standard InChI is InChI=1S/C18H25N3O.ClH/c1-14-5-7-15(8-6-14)18-12-17(22-20-18)13-21-11-3-2-4-16(21)9-10-19;/h5-8,12,16H,2-4,9-11,13,19H2,1H3;1H. The van der Waals surface area contributed by atoms with Crippen LogP contribution >= 0.6 is 12.4 Å². The largest absolute Gasteiger partial charge is 0.359 e. The highest BCUT2D eigenvalue weighted by atomic mass is 35.5. The first-order chi connectivity index (χ1) is 10.8. The third-order valence-corrected chi connectivity index (χ3v) is 4.51. The van der Waals surface area contributed by atoms with Gasteiger partial charge in [-0.2, -0.15) is 0 Å². The van der Waals surface area contributed by atoms with Crippen LogP contribution in [0, 0.1) is 6.92 Å². The quantitative estimate of drug-likeness (QED) is 0.903. The Kier molecular flexibility index (Phi) is 6.63. The van der Waals surface area contributed by atoms with Gasteiger partial charge in [0.2, 0.25) is 0 Å². The van der Waals surface area contributed by atoms with Crippen molar-refractivity contribution in [2.24, 2.45) is 5.73 Å². The van der Waals surface area contributed by atoms with E-state index in [1.54, 1.807) is 0 Å². The molecule has 4 nitrogen and oxygen atoms in total. The fourth-order valence-electron chi connectivity index (χ4n) is 3.24. The monoisotopic (exact) mass is 335 g/mol. The average Bonchev–Trinajstić information content (AvgIpc) is 2.99. The molecule has 23 heavy (non-hydrogen) atoms. The minimum absolute atomic E-state index is 0. The van der Waals surface area contributed by atoms with Gasteiger partial charge in [0.15, 0.2) is 5.76 Å². The van der Waals surface area contributed by atoms with Crippen LogP contribution < -0.4 is 5.73 Å². The lowest BCUT2D eigenvalue weighted by molar-refractivity contribution is 0.121. The number of aryl methyl sites for hydroxylation is 1. The van der Waals surface area contributed by atoms with Crippen molar-refractivity contribution < 1.29 is 4.52 Å². The van der Waals surface area contributed by atoms with Gasteiger partial charge in [0, 0.05) is 17.7 Å². The maximum atomic E-state index is 5.74. The number of hydrogen-bond donors (Lipinski definition) is 1. The molecule has 0 bridgehead atoms. The second-order valence-electron chi connectivity index (χ2n) is 6.24. The van der Waals surface area contributed by atoms with Gasteiger partial charge < -0.3 is 10.3 Å². The lowest BCUT2D eigenvalue weighted by atomic mass is 9.99. The molecule has 2 N–H and O–H groups in total. The van der Waals surface area contributed by atoms with Crippen LogP contribution in [0.2, 0.25) is 0 Å². The molecule has 1 aliphatic rings. The molecule has 3 rings (SSSR count). The Labute approximate surface area is 144 Å². The minimum atomic E-state index is 0. The average molecular weight is 336 g/mol. The highest BCUT2D eigenvalue weighted by Crippen LogP contribution is 2.24. The summed E-state index contributed by atoms with van der Waals surface area (Å²) < 4.78 is 5.56. The van der Waals surface area contributed by atoms with Crippen molar-refractivity contribution in [1.82, 2.24) is 10.1 Å². The number of rotatable bonds is 5. The number of likely N-dealkylation sites (tertiary alicyclic amines) is 1. The van der Waals surface area contributed by atoms with Crippen molar-refractivity contribution in [1.29, 1.82) is 0 Å². The van der Waals surface area contributed by atoms with Gasteiger partial charge in [-0.3, -0.25) is 4.90 Å². The smallest absolute Gasteiger partial charge is 0.151 e. The number of piperidine rings is 1. The molecule has 0 amide bonds. The van der Waals surface area contributed by atoms with Crippen molar-refractivity contribution in [3.8, 4) is 11.3 Å². The van der Waals surface area contributed by atoms with Crippen LogP contribution in [0.3, 0.4) is 0 Å². The van der Waals surface area contributed by atoms with Gasteiger partial charge in [0.05, 0.1) is 6.54 Å². The zero-order valence-corrected chi connectivity index (χ0v) is 14.5. The third kappa shape index (κ3) is 4.56. The molecule has 1 aromatic heterocycles. The fraction of sp³-hybridized carbons (Fsp3) is 0.500. The first-order valence-electron chi connectivity index (χ1n) is 8.23. The van der Waals surface area contributed by atoms with Gasteiger partial charge >= 0.3 is 0 Å². The number of hydrogen-bond acceptors (Lipinski definition) is 4. The minimum Gasteiger partial charge on any atom is -0.359 e. The Morgan fingerprint density at radius 2 is 2.04 bits per heavy atom. The van der Waals surface area contributed by atoms with Gasteiger partial charge in [0.25, 0.3) is 0 Å². The first-order valence-corrected chi connectivity index (χ1v) is 8.23. The second-order valence-corrected chi connectivity index (χ2v) is 6.24. The predicted molar refractivity (Wildman–Crippen MR) is 95.6 cm³/mol. The molecular formula is C18H26ClN3O. The van der Waals surface area contributed by atoms with E-state index in [2.05, 4.69) is 47.3 Å². The number of halogens is 1. The molecule has 2 aromatic rings. The maximum Gasteiger partial charge on any atom is 0.151 e. The van der Waals surface area contributed by atoms with Crippen molar-refractivity contribution in [2.75, 3.05) is 13.1 Å². The summed E-state index contributed by atoms with van der Waals surface area (Å²) in [4.78, 5) is 2.50. The normalized spacial score (nSPS) is 18.6. The van der Waals surface area contributed by atoms with Gasteiger partial charge in [-0.15, -0.1) is 12.4 Å². The molecule has 2 heterocycles. The Hall–Kier alpha value is -1.36. The van der Waals surface area contributed by atoms with E-state index in [9.17, 15) is 0 Å². The summed E-state index contributed by atoms with van der Waals surface area (Å²) in [6.07, 6.45) is 4.89. The Bertz CT molecular complexity index is 595. The van der Waals surface area contributed by atoms with Gasteiger partial charge in [-0.05, 0) is 39.3 Å². The zero-order chi connectivity index (χ0) is 15.4. The van der Waals surface area contributed by atoms with Crippen LogP contribution in [0.5, 0.6) is 0 Å². The van der Waals surface area contributed by atoms with Gasteiger partial charge in [0.1, 0.15) is 5.69 Å². The molecule has 1 unspecified atom stereocenters. The summed E-state index contributed by atoms with van der Waals surface area (Å²) in [6.45, 7) is 4.81. The summed E-state index contributed by atoms with van der Waals surface area (Å²) in [5.74, 6) is 0.944. The van der Waals surface area contributed by atoms with Crippen LogP contribution in [-0.4, -0.2) is 29.2 Å². The fourth-order valence-corrected chi connectivity index (χ4v) is 3.24. The molecule has 0 aliphatic carbocycles. The molecule has 1 atom stereocenters. The van der Waals surface area contributed by atoms with E-state index in [-0.39, 0.29) is 12.4 Å². The number of nitrogens with two attached hydrogens (primary N) is 1. The second kappa shape index (κ2) is 8.48. The van der Waals surface area contributed by atoms with Crippen LogP contribution in [0.25, 0.3) is 11.3 Å². The van der Waals surface area contributed by atoms with E-state index in [0.29, 0.717) is 6.04 Å². The van der Waals surface area contributed by atoms with Gasteiger partial charge in [-0.1, -0.05) is 41.4 Å². The van der Waals surface area contributed by atoms with Gasteiger partial charge in [-0.25, -0.2) is 0 Å². The summed E-state index contributed by atoms with van der Waals surface area (Å²) in [5.41, 5.74) is 9.03. The number of aromatic nitrogens is 1. The molecule has 1 aliphatic heterocycles. The molecule has 0 spiro atoms. The van der Waals surface area contributed by atoms with Crippen molar-refractivity contribution >= 4 is 12.4 Å². The summed E-state index contributed by atoms with van der Waals surface area (Å²) in [7, 11) is 0. The molecule has 0 saturated carbocycles. The highest BCUT2D eigenvalue weighted by Gasteiger charge is 2.23. The number of nitrogens with zero attached hydrogens (tertiary/aromatic N) is 2. The number of benzene rings is 1. The van der Waals surface area contributed by atoms with Crippen molar-refractivity contribution in [2.45, 2.75) is 45.2 Å². The molecule has 1 fully saturated rings. The maximum absolute atomic E-state index is 5.74. The molecular weight excluding hydrogens is 310 g/mol. The van der Waals surface area contributed by atoms with Crippen molar-refractivity contribution in [3.63, 3.8) is 0 Å². The topological polar surface area (TPSA) is 55.3 Å². The Morgan fingerprint density at radius 1 is 1.26 bits per heavy atom. The molecule has 1 saturated heterocycles. The van der Waals surface area contributed by atoms with Crippen molar-refractivity contribution in [3.05, 3.63) is 41.7 Å². The highest BCUT2D eigenvalue weighted by molar-refractivity contribution is 5.85. The molecule has 126 valence electrons. The lowest BCUT2D eigenvalue weighted by Gasteiger charge is -2.34. The Balaban J connectivity index is 0.00000192. The van der Waals surface area contributed by atoms with E-state index >= 15 is 0 Å². The van der Waals surface area contributed by atoms with E-state index in [0.717, 1.165) is 43.1 Å². The van der Waals surface area contributed by atoms with Crippen LogP contribution in [-0.2, 0) is 6.54 Å². The van der Waals surface area contributed by atoms with Crippen LogP contribution in [0.1, 0.15) is 37.0 Å². The molecule has 0 radical (unpaired) electrons. The van der Waals surface area contributed by atoms with Crippen LogP contribution in [0.15, 0.2) is 34.9 Å². The molecule has 1 aromatic carbocycles. The van der Waals surface area contributed by atoms with E-state index in [1.807, 2.05) is 0 Å². The van der Waals surface area contributed by atoms with E-state index < -0.39 is 0 Å². The lowest BCUT2D eigenvalue weighted by Crippen LogP contribution is -2.40. The van der Waals surface area contributed by atoms with Crippen LogP contribution in [0.4, 0.5) is 0 Å². The predicted octanol–water partition coefficient (Wildman–Crippen LogP) is 3.78. The summed E-state index contributed by atoms with van der Waals surface area (Å²) in [5, 5.41) is 4.23. The summed E-state index contributed by atoms with van der Waals surface area (Å²) >= 11 is 0. The third-order valence-electron chi connectivity index (χ3n) is 4.51. The first kappa shape index (κ1) is 18.0. The SMILES string of the molecule is Cc1ccc(-c2cc(CN3CCCCC3CCN)on2)cc1.Cl. The van der Waals surface area contributed by atoms with E-state index in [1.165, 1.54) is 24.8 Å².